The van der Waals surface area contributed by atoms with Gasteiger partial charge in [-0.3, -0.25) is 9.59 Å². The Bertz CT molecular complexity index is 1180. The number of piperazine rings is 1. The lowest BCUT2D eigenvalue weighted by Gasteiger charge is -2.35. The first-order chi connectivity index (χ1) is 16.7. The summed E-state index contributed by atoms with van der Waals surface area (Å²) < 4.78 is 53.3. The zero-order chi connectivity index (χ0) is 25.0. The molecule has 0 spiro atoms. The number of benzene rings is 2. The lowest BCUT2D eigenvalue weighted by Crippen LogP contribution is -2.52. The van der Waals surface area contributed by atoms with Gasteiger partial charge in [-0.1, -0.05) is 24.3 Å². The fraction of sp³-hybridized carbons (Fsp3) is 0.280. The molecule has 0 radical (unpaired) electrons. The molecule has 192 valence electrons. The van der Waals surface area contributed by atoms with Gasteiger partial charge in [-0.05, 0) is 51.7 Å². The van der Waals surface area contributed by atoms with E-state index >= 15 is 0 Å². The van der Waals surface area contributed by atoms with Gasteiger partial charge in [0, 0.05) is 32.7 Å². The van der Waals surface area contributed by atoms with Crippen molar-refractivity contribution in [1.29, 1.82) is 0 Å². The Balaban J connectivity index is 0.00000361. The lowest BCUT2D eigenvalue weighted by atomic mass is 10.0. The number of hydrogen-bond acceptors (Lipinski definition) is 4. The normalized spacial score (nSPS) is 13.9. The van der Waals surface area contributed by atoms with Crippen LogP contribution in [0.5, 0.6) is 0 Å². The van der Waals surface area contributed by atoms with Gasteiger partial charge in [0.15, 0.2) is 0 Å². The summed E-state index contributed by atoms with van der Waals surface area (Å²) in [5, 5.41) is 7.20. The minimum atomic E-state index is -4.77. The number of carbonyl (C=O) groups excluding carboxylic acids is 2. The van der Waals surface area contributed by atoms with Gasteiger partial charge >= 0.3 is 6.18 Å². The SMILES string of the molecule is Cl.O=C(CNCc1ccc(-c2ccsc2)cc1)N1CCN(C(=O)c2cc(F)ccc2C(F)(F)F)CC1. The molecule has 2 heterocycles. The fourth-order valence-corrected chi connectivity index (χ4v) is 4.60. The smallest absolute Gasteiger partial charge is 0.338 e. The first-order valence-electron chi connectivity index (χ1n) is 11.0. The standard InChI is InChI=1S/C25H23F4N3O2S.ClH/c26-20-5-6-22(25(27,28)29)21(13-20)24(34)32-10-8-31(9-11-32)23(33)15-30-14-17-1-3-18(4-2-17)19-7-12-35-16-19;/h1-7,12-13,16,30H,8-11,14-15H2;1H. The van der Waals surface area contributed by atoms with Crippen molar-refractivity contribution in [2.75, 3.05) is 32.7 Å². The van der Waals surface area contributed by atoms with Gasteiger partial charge in [0.25, 0.3) is 5.91 Å². The van der Waals surface area contributed by atoms with Crippen molar-refractivity contribution in [1.82, 2.24) is 15.1 Å². The van der Waals surface area contributed by atoms with Gasteiger partial charge in [0.05, 0.1) is 17.7 Å². The van der Waals surface area contributed by atoms with Crippen LogP contribution in [0.4, 0.5) is 17.6 Å². The molecule has 1 fully saturated rings. The van der Waals surface area contributed by atoms with E-state index in [0.29, 0.717) is 24.7 Å². The predicted octanol–water partition coefficient (Wildman–Crippen LogP) is 5.07. The maximum atomic E-state index is 13.6. The van der Waals surface area contributed by atoms with Crippen LogP contribution >= 0.6 is 23.7 Å². The largest absolute Gasteiger partial charge is 0.417 e. The average Bonchev–Trinajstić information content (AvgIpc) is 3.38. The molecule has 11 heteroatoms. The van der Waals surface area contributed by atoms with Gasteiger partial charge in [0.2, 0.25) is 5.91 Å². The summed E-state index contributed by atoms with van der Waals surface area (Å²) in [6.45, 7) is 1.14. The Morgan fingerprint density at radius 3 is 2.19 bits per heavy atom. The number of halogens is 5. The molecule has 0 saturated carbocycles. The maximum absolute atomic E-state index is 13.6. The van der Waals surface area contributed by atoms with Crippen LogP contribution < -0.4 is 5.32 Å². The number of nitrogens with zero attached hydrogens (tertiary/aromatic N) is 2. The Labute approximate surface area is 216 Å². The Hall–Kier alpha value is -2.95. The van der Waals surface area contributed by atoms with E-state index in [1.165, 1.54) is 4.90 Å². The molecule has 2 aromatic carbocycles. The van der Waals surface area contributed by atoms with Gasteiger partial charge in [-0.2, -0.15) is 24.5 Å². The molecule has 5 nitrogen and oxygen atoms in total. The molecule has 0 unspecified atom stereocenters. The lowest BCUT2D eigenvalue weighted by molar-refractivity contribution is -0.138. The summed E-state index contributed by atoms with van der Waals surface area (Å²) >= 11 is 1.64. The molecular weight excluding hydrogens is 518 g/mol. The number of nitrogens with one attached hydrogen (secondary N) is 1. The highest BCUT2D eigenvalue weighted by molar-refractivity contribution is 7.08. The molecule has 0 atom stereocenters. The molecule has 1 aromatic heterocycles. The van der Waals surface area contributed by atoms with Gasteiger partial charge < -0.3 is 15.1 Å². The van der Waals surface area contributed by atoms with E-state index in [2.05, 4.69) is 16.8 Å². The third-order valence-corrected chi connectivity index (χ3v) is 6.53. The van der Waals surface area contributed by atoms with E-state index in [1.54, 1.807) is 16.2 Å². The molecular formula is C25H24ClF4N3O2S. The Morgan fingerprint density at radius 2 is 1.58 bits per heavy atom. The minimum absolute atomic E-state index is 0. The summed E-state index contributed by atoms with van der Waals surface area (Å²) in [5.74, 6) is -1.97. The first-order valence-corrected chi connectivity index (χ1v) is 11.9. The predicted molar refractivity (Wildman–Crippen MR) is 133 cm³/mol. The Kier molecular flexibility index (Phi) is 9.10. The molecule has 36 heavy (non-hydrogen) atoms. The topological polar surface area (TPSA) is 52.7 Å². The van der Waals surface area contributed by atoms with Gasteiger partial charge in [0.1, 0.15) is 5.82 Å². The number of hydrogen-bond donors (Lipinski definition) is 1. The third-order valence-electron chi connectivity index (χ3n) is 5.85. The number of rotatable bonds is 6. The highest BCUT2D eigenvalue weighted by Gasteiger charge is 2.37. The van der Waals surface area contributed by atoms with Crippen LogP contribution in [-0.2, 0) is 17.5 Å². The second-order valence-electron chi connectivity index (χ2n) is 8.17. The van der Waals surface area contributed by atoms with Gasteiger partial charge in [-0.15, -0.1) is 12.4 Å². The quantitative estimate of drug-likeness (QED) is 0.443. The van der Waals surface area contributed by atoms with Crippen molar-refractivity contribution in [2.45, 2.75) is 12.7 Å². The van der Waals surface area contributed by atoms with Crippen molar-refractivity contribution in [3.05, 3.63) is 81.8 Å². The maximum Gasteiger partial charge on any atom is 0.417 e. The average molecular weight is 542 g/mol. The zero-order valence-corrected chi connectivity index (χ0v) is 20.7. The third kappa shape index (κ3) is 6.63. The van der Waals surface area contributed by atoms with Gasteiger partial charge in [-0.25, -0.2) is 4.39 Å². The molecule has 1 aliphatic rings. The summed E-state index contributed by atoms with van der Waals surface area (Å²) in [6.07, 6.45) is -4.77. The van der Waals surface area contributed by atoms with Crippen molar-refractivity contribution in [2.24, 2.45) is 0 Å². The fourth-order valence-electron chi connectivity index (χ4n) is 3.94. The van der Waals surface area contributed by atoms with E-state index in [-0.39, 0.29) is 51.0 Å². The van der Waals surface area contributed by atoms with E-state index in [1.807, 2.05) is 29.6 Å². The molecule has 0 bridgehead atoms. The zero-order valence-electron chi connectivity index (χ0n) is 19.1. The van der Waals surface area contributed by atoms with Crippen molar-refractivity contribution in [3.63, 3.8) is 0 Å². The molecule has 1 N–H and O–H groups in total. The van der Waals surface area contributed by atoms with Crippen LogP contribution in [0.15, 0.2) is 59.3 Å². The number of carbonyl (C=O) groups is 2. The highest BCUT2D eigenvalue weighted by atomic mass is 35.5. The van der Waals surface area contributed by atoms with Crippen molar-refractivity contribution < 1.29 is 27.2 Å². The number of thiophene rings is 1. The number of alkyl halides is 3. The second-order valence-corrected chi connectivity index (χ2v) is 8.95. The molecule has 1 saturated heterocycles. The minimum Gasteiger partial charge on any atom is -0.338 e. The van der Waals surface area contributed by atoms with Crippen LogP contribution in [0.25, 0.3) is 11.1 Å². The highest BCUT2D eigenvalue weighted by Crippen LogP contribution is 2.33. The summed E-state index contributed by atoms with van der Waals surface area (Å²) in [4.78, 5) is 28.0. The summed E-state index contributed by atoms with van der Waals surface area (Å²) in [6, 6.07) is 12.0. The Morgan fingerprint density at radius 1 is 0.917 bits per heavy atom. The molecule has 3 aromatic rings. The second kappa shape index (κ2) is 11.9. The molecule has 2 amide bonds. The van der Waals surface area contributed by atoms with Crippen LogP contribution in [0.2, 0.25) is 0 Å². The molecule has 1 aliphatic heterocycles. The van der Waals surface area contributed by atoms with E-state index in [9.17, 15) is 27.2 Å². The van der Waals surface area contributed by atoms with Crippen molar-refractivity contribution in [3.8, 4) is 11.1 Å². The van der Waals surface area contributed by atoms with Crippen LogP contribution in [0.1, 0.15) is 21.5 Å². The number of amides is 2. The van der Waals surface area contributed by atoms with Crippen molar-refractivity contribution >= 4 is 35.6 Å². The van der Waals surface area contributed by atoms with E-state index in [4.69, 9.17) is 0 Å². The summed E-state index contributed by atoms with van der Waals surface area (Å²) in [5.41, 5.74) is 1.43. The summed E-state index contributed by atoms with van der Waals surface area (Å²) in [7, 11) is 0. The van der Waals surface area contributed by atoms with Crippen LogP contribution in [0, 0.1) is 5.82 Å². The van der Waals surface area contributed by atoms with Crippen LogP contribution in [0.3, 0.4) is 0 Å². The molecule has 4 rings (SSSR count). The molecule has 0 aliphatic carbocycles. The monoisotopic (exact) mass is 541 g/mol. The first kappa shape index (κ1) is 27.6. The van der Waals surface area contributed by atoms with E-state index < -0.39 is 29.0 Å². The van der Waals surface area contributed by atoms with Crippen LogP contribution in [-0.4, -0.2) is 54.3 Å². The van der Waals surface area contributed by atoms with E-state index in [0.717, 1.165) is 16.7 Å².